The van der Waals surface area contributed by atoms with Crippen molar-refractivity contribution in [2.24, 2.45) is 0 Å². The molecule has 10 nitrogen and oxygen atoms in total. The number of aromatic nitrogens is 1. The van der Waals surface area contributed by atoms with Crippen molar-refractivity contribution in [1.29, 1.82) is 0 Å². The summed E-state index contributed by atoms with van der Waals surface area (Å²) in [6, 6.07) is 11.6. The molecule has 3 heterocycles. The molecule has 2 amide bonds. The lowest BCUT2D eigenvalue weighted by Gasteiger charge is -2.34. The Morgan fingerprint density at radius 2 is 1.83 bits per heavy atom. The summed E-state index contributed by atoms with van der Waals surface area (Å²) in [6.45, 7) is 3.50. The molecule has 6 rings (SSSR count). The number of benzene rings is 2. The number of hydrogen-bond acceptors (Lipinski definition) is 5. The largest absolute Gasteiger partial charge is 0.497 e. The van der Waals surface area contributed by atoms with E-state index in [9.17, 15) is 18.4 Å². The van der Waals surface area contributed by atoms with Gasteiger partial charge in [-0.05, 0) is 80.1 Å². The van der Waals surface area contributed by atoms with Crippen LogP contribution in [0, 0.1) is 0 Å². The van der Waals surface area contributed by atoms with E-state index in [4.69, 9.17) is 9.47 Å². The number of hydrogen-bond donors (Lipinski definition) is 2. The van der Waals surface area contributed by atoms with E-state index in [2.05, 4.69) is 16.0 Å². The Bertz CT molecular complexity index is 1630. The highest BCUT2D eigenvalue weighted by molar-refractivity contribution is 7.76. The highest BCUT2D eigenvalue weighted by Gasteiger charge is 2.34. The van der Waals surface area contributed by atoms with Gasteiger partial charge in [0.2, 0.25) is 0 Å². The number of rotatable bonds is 3. The quantitative estimate of drug-likeness (QED) is 0.413. The highest BCUT2D eigenvalue weighted by Crippen LogP contribution is 2.47. The van der Waals surface area contributed by atoms with Gasteiger partial charge in [-0.25, -0.2) is 4.21 Å². The molecular formula is C31H36N4O6S. The lowest BCUT2D eigenvalue weighted by Crippen LogP contribution is -2.52. The second-order valence-corrected chi connectivity index (χ2v) is 12.1. The summed E-state index contributed by atoms with van der Waals surface area (Å²) in [6.07, 6.45) is 5.75. The summed E-state index contributed by atoms with van der Waals surface area (Å²) in [4.78, 5) is 27.5. The van der Waals surface area contributed by atoms with E-state index in [1.165, 1.54) is 19.0 Å². The van der Waals surface area contributed by atoms with E-state index in [1.54, 1.807) is 27.0 Å². The van der Waals surface area contributed by atoms with Gasteiger partial charge in [-0.2, -0.15) is 0 Å². The number of nitrogens with zero attached hydrogens (tertiary/aromatic N) is 3. The van der Waals surface area contributed by atoms with Crippen LogP contribution in [0.25, 0.3) is 28.2 Å². The molecule has 2 aliphatic heterocycles. The van der Waals surface area contributed by atoms with E-state index >= 15 is 0 Å². The third-order valence-electron chi connectivity index (χ3n) is 8.62. The predicted octanol–water partition coefficient (Wildman–Crippen LogP) is 5.03. The number of ether oxygens (including phenoxy) is 2. The lowest BCUT2D eigenvalue weighted by atomic mass is 9.81. The minimum Gasteiger partial charge on any atom is -0.497 e. The first kappa shape index (κ1) is 28.6. The van der Waals surface area contributed by atoms with Crippen molar-refractivity contribution in [3.8, 4) is 17.0 Å². The van der Waals surface area contributed by atoms with Crippen LogP contribution >= 0.6 is 0 Å². The van der Waals surface area contributed by atoms with Crippen LogP contribution in [0.5, 0.6) is 5.75 Å². The van der Waals surface area contributed by atoms with E-state index < -0.39 is 29.6 Å². The molecule has 0 saturated heterocycles. The van der Waals surface area contributed by atoms with Crippen LogP contribution in [0.15, 0.2) is 42.0 Å². The van der Waals surface area contributed by atoms with Crippen molar-refractivity contribution < 1.29 is 27.8 Å². The molecule has 42 heavy (non-hydrogen) atoms. The third kappa shape index (κ3) is 4.94. The Morgan fingerprint density at radius 3 is 2.55 bits per heavy atom. The first-order valence-electron chi connectivity index (χ1n) is 14.4. The first-order valence-corrected chi connectivity index (χ1v) is 15.4. The van der Waals surface area contributed by atoms with Crippen molar-refractivity contribution in [3.63, 3.8) is 0 Å². The monoisotopic (exact) mass is 592 g/mol. The van der Waals surface area contributed by atoms with Crippen molar-refractivity contribution >= 4 is 40.1 Å². The van der Waals surface area contributed by atoms with E-state index in [1.807, 2.05) is 30.3 Å². The SMILES string of the molecule is COc1ccc2c(c1)C=C1Cn3c-2c(C2CCCCC2)c2ccc(cc23)C(=O)N(C)N(S(=O)O)C(C)OC(C)NC1=O. The highest BCUT2D eigenvalue weighted by atomic mass is 32.2. The normalized spacial score (nSPS) is 22.9. The summed E-state index contributed by atoms with van der Waals surface area (Å²) in [7, 11) is 3.06. The van der Waals surface area contributed by atoms with E-state index in [0.717, 1.165) is 62.8 Å². The van der Waals surface area contributed by atoms with Crippen molar-refractivity contribution in [3.05, 3.63) is 58.7 Å². The molecule has 1 aromatic heterocycles. The van der Waals surface area contributed by atoms with Gasteiger partial charge in [-0.1, -0.05) is 29.7 Å². The van der Waals surface area contributed by atoms with E-state index in [0.29, 0.717) is 29.3 Å². The second kappa shape index (κ2) is 11.3. The smallest absolute Gasteiger partial charge is 0.268 e. The van der Waals surface area contributed by atoms with Crippen LogP contribution in [-0.2, 0) is 27.3 Å². The fourth-order valence-corrected chi connectivity index (χ4v) is 7.31. The molecule has 2 N–H and O–H groups in total. The molecule has 1 aliphatic carbocycles. The van der Waals surface area contributed by atoms with Crippen molar-refractivity contribution in [1.82, 2.24) is 19.3 Å². The number of methoxy groups -OCH3 is 1. The van der Waals surface area contributed by atoms with Gasteiger partial charge in [-0.3, -0.25) is 19.2 Å². The number of amides is 2. The first-order chi connectivity index (χ1) is 20.2. The van der Waals surface area contributed by atoms with Gasteiger partial charge in [0.25, 0.3) is 23.1 Å². The van der Waals surface area contributed by atoms with Crippen LogP contribution in [0.3, 0.4) is 0 Å². The number of nitrogens with one attached hydrogen (secondary N) is 1. The Morgan fingerprint density at radius 1 is 1.07 bits per heavy atom. The van der Waals surface area contributed by atoms with Crippen molar-refractivity contribution in [2.75, 3.05) is 14.2 Å². The molecule has 0 spiro atoms. The second-order valence-electron chi connectivity index (χ2n) is 11.3. The number of hydrazine groups is 1. The van der Waals surface area contributed by atoms with Gasteiger partial charge < -0.3 is 19.4 Å². The molecule has 0 radical (unpaired) electrons. The molecule has 3 aliphatic rings. The Labute approximate surface area is 247 Å². The van der Waals surface area contributed by atoms with Crippen molar-refractivity contribution in [2.45, 2.75) is 70.9 Å². The Kier molecular flexibility index (Phi) is 7.69. The van der Waals surface area contributed by atoms with Crippen LogP contribution in [0.2, 0.25) is 0 Å². The minimum atomic E-state index is -2.56. The van der Waals surface area contributed by atoms with Crippen LogP contribution in [-0.4, -0.2) is 61.2 Å². The molecule has 1 fully saturated rings. The minimum absolute atomic E-state index is 0.296. The predicted molar refractivity (Wildman–Crippen MR) is 161 cm³/mol. The van der Waals surface area contributed by atoms with Gasteiger partial charge in [0.1, 0.15) is 18.2 Å². The summed E-state index contributed by atoms with van der Waals surface area (Å²) in [5, 5.41) is 5.05. The molecule has 4 bridgehead atoms. The number of carbonyl (C=O) groups excluding carboxylic acids is 2. The molecule has 1 saturated carbocycles. The molecule has 3 atom stereocenters. The maximum absolute atomic E-state index is 13.8. The topological polar surface area (TPSA) is 113 Å². The van der Waals surface area contributed by atoms with Gasteiger partial charge in [0, 0.05) is 34.7 Å². The lowest BCUT2D eigenvalue weighted by molar-refractivity contribution is -0.133. The average Bonchev–Trinajstić information content (AvgIpc) is 3.18. The summed E-state index contributed by atoms with van der Waals surface area (Å²) in [5.41, 5.74) is 5.90. The summed E-state index contributed by atoms with van der Waals surface area (Å²) < 4.78 is 37.0. The summed E-state index contributed by atoms with van der Waals surface area (Å²) >= 11 is -2.56. The molecule has 11 heteroatoms. The molecular weight excluding hydrogens is 556 g/mol. The third-order valence-corrected chi connectivity index (χ3v) is 9.49. The van der Waals surface area contributed by atoms with Gasteiger partial charge >= 0.3 is 0 Å². The Hall–Kier alpha value is -3.51. The van der Waals surface area contributed by atoms with Crippen LogP contribution in [0.1, 0.15) is 73.4 Å². The number of fused-ring (bicyclic) bond motifs is 4. The standard InChI is InChI=1S/C31H36N4O6S/c1-18-32-30(36)23-14-22-15-24(40-4)11-13-25(22)29-28(20-8-6-5-7-9-20)26-12-10-21(16-27(26)34(29)17-23)31(37)33(3)35(42(38)39)19(2)41-18/h10-16,18-20H,5-9,17H2,1-4H3,(H,32,36)(H,38,39). The average molecular weight is 593 g/mol. The molecule has 3 unspecified atom stereocenters. The van der Waals surface area contributed by atoms with Crippen LogP contribution in [0.4, 0.5) is 0 Å². The zero-order valence-electron chi connectivity index (χ0n) is 24.3. The zero-order chi connectivity index (χ0) is 29.7. The zero-order valence-corrected chi connectivity index (χ0v) is 25.1. The van der Waals surface area contributed by atoms with E-state index in [-0.39, 0.29) is 5.91 Å². The van der Waals surface area contributed by atoms with Gasteiger partial charge in [-0.15, -0.1) is 0 Å². The summed E-state index contributed by atoms with van der Waals surface area (Å²) in [5.74, 6) is 0.271. The fraction of sp³-hybridized carbons (Fsp3) is 0.419. The Balaban J connectivity index is 1.65. The molecule has 2 aromatic carbocycles. The maximum atomic E-state index is 13.8. The van der Waals surface area contributed by atoms with Crippen LogP contribution < -0.4 is 10.1 Å². The number of carbonyl (C=O) groups is 2. The fourth-order valence-electron chi connectivity index (χ4n) is 6.72. The molecule has 222 valence electrons. The molecule has 3 aromatic rings. The van der Waals surface area contributed by atoms with Gasteiger partial charge in [0.15, 0.2) is 0 Å². The maximum Gasteiger partial charge on any atom is 0.268 e. The van der Waals surface area contributed by atoms with Gasteiger partial charge in [0.05, 0.1) is 19.3 Å².